The number of benzene rings is 3. The lowest BCUT2D eigenvalue weighted by Crippen LogP contribution is -2.42. The third kappa shape index (κ3) is 3.80. The standard InChI is InChI=1S/C24H21N3O3/c1-15-12-13-19-18(14-15)21(16-8-4-3-5-9-16)26-22(24(29)25-19)27-23(28)17-10-6-7-11-20(17)30-2/h3-14,22H,1-2H3,(H,25,29)(H,27,28). The highest BCUT2D eigenvalue weighted by Gasteiger charge is 2.28. The number of fused-ring (bicyclic) bond motifs is 1. The van der Waals surface area contributed by atoms with Crippen molar-refractivity contribution in [2.45, 2.75) is 13.1 Å². The molecule has 0 saturated carbocycles. The number of amides is 2. The second-order valence-electron chi connectivity index (χ2n) is 6.96. The minimum Gasteiger partial charge on any atom is -0.496 e. The van der Waals surface area contributed by atoms with Gasteiger partial charge in [-0.25, -0.2) is 4.99 Å². The third-order valence-corrected chi connectivity index (χ3v) is 4.86. The van der Waals surface area contributed by atoms with E-state index in [1.54, 1.807) is 24.3 Å². The Morgan fingerprint density at radius 2 is 1.77 bits per heavy atom. The largest absolute Gasteiger partial charge is 0.496 e. The smallest absolute Gasteiger partial charge is 0.269 e. The van der Waals surface area contributed by atoms with Crippen LogP contribution < -0.4 is 15.4 Å². The van der Waals surface area contributed by atoms with Gasteiger partial charge < -0.3 is 15.4 Å². The van der Waals surface area contributed by atoms with E-state index in [4.69, 9.17) is 4.74 Å². The number of hydrogen-bond donors (Lipinski definition) is 2. The highest BCUT2D eigenvalue weighted by molar-refractivity contribution is 6.20. The van der Waals surface area contributed by atoms with Crippen LogP contribution in [0.25, 0.3) is 0 Å². The van der Waals surface area contributed by atoms with E-state index in [-0.39, 0.29) is 0 Å². The van der Waals surface area contributed by atoms with Crippen LogP contribution in [0.5, 0.6) is 5.75 Å². The van der Waals surface area contributed by atoms with Gasteiger partial charge >= 0.3 is 0 Å². The van der Waals surface area contributed by atoms with E-state index in [1.165, 1.54) is 7.11 Å². The fourth-order valence-corrected chi connectivity index (χ4v) is 3.38. The fraction of sp³-hybridized carbons (Fsp3) is 0.125. The van der Waals surface area contributed by atoms with Crippen molar-refractivity contribution in [3.8, 4) is 5.75 Å². The molecule has 150 valence electrons. The van der Waals surface area contributed by atoms with E-state index in [2.05, 4.69) is 15.6 Å². The normalized spacial score (nSPS) is 15.3. The van der Waals surface area contributed by atoms with Gasteiger partial charge in [0.25, 0.3) is 11.8 Å². The zero-order chi connectivity index (χ0) is 21.1. The van der Waals surface area contributed by atoms with Crippen molar-refractivity contribution in [1.82, 2.24) is 5.32 Å². The number of benzodiazepines with no additional fused rings is 1. The number of carbonyl (C=O) groups is 2. The van der Waals surface area contributed by atoms with Crippen molar-refractivity contribution < 1.29 is 14.3 Å². The number of methoxy groups -OCH3 is 1. The molecule has 0 bridgehead atoms. The molecule has 3 aromatic carbocycles. The van der Waals surface area contributed by atoms with Gasteiger partial charge in [-0.15, -0.1) is 0 Å². The second kappa shape index (κ2) is 8.21. The predicted octanol–water partition coefficient (Wildman–Crippen LogP) is 3.55. The van der Waals surface area contributed by atoms with Crippen LogP contribution in [-0.4, -0.2) is 30.8 Å². The summed E-state index contributed by atoms with van der Waals surface area (Å²) in [4.78, 5) is 30.4. The van der Waals surface area contributed by atoms with Gasteiger partial charge in [0.1, 0.15) is 5.75 Å². The highest BCUT2D eigenvalue weighted by Crippen LogP contribution is 2.25. The van der Waals surface area contributed by atoms with Crippen LogP contribution in [0.4, 0.5) is 5.69 Å². The maximum absolute atomic E-state index is 12.9. The number of hydrogen-bond acceptors (Lipinski definition) is 4. The molecular formula is C24H21N3O3. The maximum atomic E-state index is 12.9. The molecule has 1 atom stereocenters. The molecule has 0 saturated heterocycles. The Morgan fingerprint density at radius 3 is 2.53 bits per heavy atom. The number of ether oxygens (including phenoxy) is 1. The topological polar surface area (TPSA) is 79.8 Å². The average molecular weight is 399 g/mol. The summed E-state index contributed by atoms with van der Waals surface area (Å²) in [5.41, 5.74) is 4.34. The minimum absolute atomic E-state index is 0.335. The molecule has 2 N–H and O–H groups in total. The van der Waals surface area contributed by atoms with Crippen LogP contribution >= 0.6 is 0 Å². The van der Waals surface area contributed by atoms with Crippen LogP contribution in [0, 0.1) is 6.92 Å². The summed E-state index contributed by atoms with van der Waals surface area (Å²) in [5, 5.41) is 5.62. The summed E-state index contributed by atoms with van der Waals surface area (Å²) in [6, 6.07) is 22.2. The van der Waals surface area contributed by atoms with Gasteiger partial charge in [0.2, 0.25) is 6.17 Å². The lowest BCUT2D eigenvalue weighted by atomic mass is 9.99. The van der Waals surface area contributed by atoms with Gasteiger partial charge in [-0.1, -0.05) is 54.1 Å². The van der Waals surface area contributed by atoms with E-state index in [1.807, 2.05) is 55.5 Å². The van der Waals surface area contributed by atoms with Gasteiger partial charge in [0.05, 0.1) is 24.1 Å². The SMILES string of the molecule is COc1ccccc1C(=O)NC1N=C(c2ccccc2)c2cc(C)ccc2NC1=O. The molecule has 0 spiro atoms. The molecule has 4 rings (SSSR count). The van der Waals surface area contributed by atoms with Gasteiger partial charge in [-0.2, -0.15) is 0 Å². The third-order valence-electron chi connectivity index (χ3n) is 4.86. The van der Waals surface area contributed by atoms with Crippen molar-refractivity contribution in [2.24, 2.45) is 4.99 Å². The summed E-state index contributed by atoms with van der Waals surface area (Å²) >= 11 is 0. The number of aryl methyl sites for hydroxylation is 1. The van der Waals surface area contributed by atoms with Crippen molar-refractivity contribution in [2.75, 3.05) is 12.4 Å². The second-order valence-corrected chi connectivity index (χ2v) is 6.96. The number of rotatable bonds is 4. The van der Waals surface area contributed by atoms with E-state index in [0.717, 1.165) is 16.7 Å². The van der Waals surface area contributed by atoms with Gasteiger partial charge in [0.15, 0.2) is 0 Å². The van der Waals surface area contributed by atoms with Gasteiger partial charge in [0, 0.05) is 11.1 Å². The highest BCUT2D eigenvalue weighted by atomic mass is 16.5. The summed E-state index contributed by atoms with van der Waals surface area (Å²) in [6.45, 7) is 1.98. The molecule has 6 heteroatoms. The van der Waals surface area contributed by atoms with Crippen molar-refractivity contribution in [1.29, 1.82) is 0 Å². The molecule has 0 aromatic heterocycles. The van der Waals surface area contributed by atoms with Crippen LogP contribution in [0.3, 0.4) is 0 Å². The van der Waals surface area contributed by atoms with Crippen molar-refractivity contribution in [3.05, 3.63) is 95.1 Å². The number of nitrogens with one attached hydrogen (secondary N) is 2. The first-order chi connectivity index (χ1) is 14.6. The Labute approximate surface area is 174 Å². The van der Waals surface area contributed by atoms with Gasteiger partial charge in [-0.05, 0) is 31.2 Å². The Balaban J connectivity index is 1.76. The van der Waals surface area contributed by atoms with Gasteiger partial charge in [-0.3, -0.25) is 9.59 Å². The lowest BCUT2D eigenvalue weighted by Gasteiger charge is -2.14. The number of aliphatic imine (C=N–C) groups is 1. The molecule has 3 aromatic rings. The number of carbonyl (C=O) groups excluding carboxylic acids is 2. The number of para-hydroxylation sites is 1. The zero-order valence-electron chi connectivity index (χ0n) is 16.7. The van der Waals surface area contributed by atoms with Crippen molar-refractivity contribution in [3.63, 3.8) is 0 Å². The monoisotopic (exact) mass is 399 g/mol. The van der Waals surface area contributed by atoms with Crippen LogP contribution in [0.1, 0.15) is 27.0 Å². The molecule has 1 aliphatic heterocycles. The summed E-state index contributed by atoms with van der Waals surface area (Å²) in [5.74, 6) is -0.421. The molecule has 2 amide bonds. The Hall–Kier alpha value is -3.93. The Kier molecular flexibility index (Phi) is 5.30. The Morgan fingerprint density at radius 1 is 1.03 bits per heavy atom. The number of nitrogens with zero attached hydrogens (tertiary/aromatic N) is 1. The molecule has 0 aliphatic carbocycles. The first kappa shape index (κ1) is 19.4. The molecule has 0 radical (unpaired) electrons. The molecule has 0 fully saturated rings. The molecule has 1 aliphatic rings. The van der Waals surface area contributed by atoms with E-state index >= 15 is 0 Å². The average Bonchev–Trinajstić information content (AvgIpc) is 2.90. The fourth-order valence-electron chi connectivity index (χ4n) is 3.38. The van der Waals surface area contributed by atoms with E-state index in [0.29, 0.717) is 22.7 Å². The molecule has 1 unspecified atom stereocenters. The van der Waals surface area contributed by atoms with Crippen molar-refractivity contribution >= 4 is 23.2 Å². The van der Waals surface area contributed by atoms with E-state index in [9.17, 15) is 9.59 Å². The zero-order valence-corrected chi connectivity index (χ0v) is 16.7. The molecular weight excluding hydrogens is 378 g/mol. The Bertz CT molecular complexity index is 1140. The van der Waals surface area contributed by atoms with Crippen LogP contribution in [0.2, 0.25) is 0 Å². The maximum Gasteiger partial charge on any atom is 0.269 e. The minimum atomic E-state index is -1.09. The number of anilines is 1. The first-order valence-corrected chi connectivity index (χ1v) is 9.56. The molecule has 6 nitrogen and oxygen atoms in total. The first-order valence-electron chi connectivity index (χ1n) is 9.56. The summed E-state index contributed by atoms with van der Waals surface area (Å²) in [7, 11) is 1.50. The molecule has 1 heterocycles. The lowest BCUT2D eigenvalue weighted by molar-refractivity contribution is -0.117. The summed E-state index contributed by atoms with van der Waals surface area (Å²) < 4.78 is 5.26. The quantitative estimate of drug-likeness (QED) is 0.704. The van der Waals surface area contributed by atoms with Crippen LogP contribution in [0.15, 0.2) is 77.8 Å². The molecule has 30 heavy (non-hydrogen) atoms. The predicted molar refractivity (Wildman–Crippen MR) is 116 cm³/mol. The van der Waals surface area contributed by atoms with E-state index < -0.39 is 18.0 Å². The summed E-state index contributed by atoms with van der Waals surface area (Å²) in [6.07, 6.45) is -1.09. The van der Waals surface area contributed by atoms with Crippen LogP contribution in [-0.2, 0) is 4.79 Å².